The van der Waals surface area contributed by atoms with Gasteiger partial charge in [0.15, 0.2) is 5.84 Å². The van der Waals surface area contributed by atoms with Crippen LogP contribution in [0.1, 0.15) is 46.0 Å². The fourth-order valence-corrected chi connectivity index (χ4v) is 2.57. The maximum atomic E-state index is 12.8. The number of methoxy groups -OCH3 is 1. The average Bonchev–Trinajstić information content (AvgIpc) is 2.45. The second kappa shape index (κ2) is 9.58. The summed E-state index contributed by atoms with van der Waals surface area (Å²) in [5.74, 6) is -0.0580. The van der Waals surface area contributed by atoms with Crippen LogP contribution in [0.3, 0.4) is 0 Å². The molecular weight excluding hydrogens is 258 g/mol. The summed E-state index contributed by atoms with van der Waals surface area (Å²) in [5.41, 5.74) is 4.96. The number of carbonyl (C=O) groups is 1. The van der Waals surface area contributed by atoms with Crippen LogP contribution in [0.5, 0.6) is 0 Å². The molecule has 6 nitrogen and oxygen atoms in total. The van der Waals surface area contributed by atoms with Gasteiger partial charge in [0.25, 0.3) is 0 Å². The molecule has 0 aromatic heterocycles. The third-order valence-corrected chi connectivity index (χ3v) is 3.55. The van der Waals surface area contributed by atoms with Crippen LogP contribution >= 0.6 is 0 Å². The number of ether oxygens (including phenoxy) is 1. The van der Waals surface area contributed by atoms with Crippen molar-refractivity contribution in [1.82, 2.24) is 4.90 Å². The van der Waals surface area contributed by atoms with Crippen molar-refractivity contribution in [2.75, 3.05) is 27.3 Å². The van der Waals surface area contributed by atoms with Gasteiger partial charge < -0.3 is 20.6 Å². The van der Waals surface area contributed by atoms with E-state index >= 15 is 0 Å². The number of carbonyl (C=O) groups excluding carboxylic acids is 1. The molecule has 0 aromatic carbocycles. The standard InChI is InChI=1S/C14H29N3O3/c1-5-8-14(9-6-2,12(15)16-19)13(18)17(3)10-7-11-20-4/h19H,5-11H2,1-4H3,(H2,15,16). The SMILES string of the molecule is CCCC(CCC)(C(=O)N(C)CCCOC)C(N)=NO. The highest BCUT2D eigenvalue weighted by molar-refractivity contribution is 6.06. The van der Waals surface area contributed by atoms with Crippen molar-refractivity contribution in [3.8, 4) is 0 Å². The lowest BCUT2D eigenvalue weighted by molar-refractivity contribution is -0.138. The Morgan fingerprint density at radius 1 is 1.35 bits per heavy atom. The number of rotatable bonds is 10. The van der Waals surface area contributed by atoms with Crippen molar-refractivity contribution in [3.63, 3.8) is 0 Å². The first-order valence-electron chi connectivity index (χ1n) is 7.22. The largest absolute Gasteiger partial charge is 0.409 e. The van der Waals surface area contributed by atoms with Gasteiger partial charge in [-0.25, -0.2) is 0 Å². The van der Waals surface area contributed by atoms with E-state index < -0.39 is 5.41 Å². The first kappa shape index (κ1) is 18.7. The quantitative estimate of drug-likeness (QED) is 0.211. The Kier molecular flexibility index (Phi) is 8.96. The van der Waals surface area contributed by atoms with E-state index in [1.807, 2.05) is 13.8 Å². The monoisotopic (exact) mass is 287 g/mol. The van der Waals surface area contributed by atoms with E-state index in [0.29, 0.717) is 26.0 Å². The third kappa shape index (κ3) is 4.67. The Hall–Kier alpha value is -1.30. The fourth-order valence-electron chi connectivity index (χ4n) is 2.57. The van der Waals surface area contributed by atoms with Crippen LogP contribution < -0.4 is 5.73 Å². The number of nitrogens with zero attached hydrogens (tertiary/aromatic N) is 2. The summed E-state index contributed by atoms with van der Waals surface area (Å²) < 4.78 is 4.99. The number of oxime groups is 1. The van der Waals surface area contributed by atoms with E-state index in [0.717, 1.165) is 19.3 Å². The molecule has 1 amide bonds. The number of nitrogens with two attached hydrogens (primary N) is 1. The van der Waals surface area contributed by atoms with E-state index in [2.05, 4.69) is 5.16 Å². The number of amides is 1. The molecular formula is C14H29N3O3. The normalized spacial score (nSPS) is 12.5. The Balaban J connectivity index is 5.12. The lowest BCUT2D eigenvalue weighted by Gasteiger charge is -2.34. The van der Waals surface area contributed by atoms with Gasteiger partial charge in [-0.1, -0.05) is 31.8 Å². The molecule has 118 valence electrons. The minimum absolute atomic E-state index is 0.0183. The Morgan fingerprint density at radius 2 is 1.90 bits per heavy atom. The second-order valence-corrected chi connectivity index (χ2v) is 5.14. The molecule has 0 aliphatic carbocycles. The Morgan fingerprint density at radius 3 is 2.30 bits per heavy atom. The van der Waals surface area contributed by atoms with Crippen molar-refractivity contribution >= 4 is 11.7 Å². The van der Waals surface area contributed by atoms with Crippen molar-refractivity contribution in [3.05, 3.63) is 0 Å². The second-order valence-electron chi connectivity index (χ2n) is 5.14. The summed E-state index contributed by atoms with van der Waals surface area (Å²) in [6.45, 7) is 5.19. The van der Waals surface area contributed by atoms with Gasteiger partial charge in [-0.3, -0.25) is 4.79 Å². The molecule has 0 spiro atoms. The van der Waals surface area contributed by atoms with Crippen molar-refractivity contribution in [1.29, 1.82) is 0 Å². The van der Waals surface area contributed by atoms with Gasteiger partial charge >= 0.3 is 0 Å². The highest BCUT2D eigenvalue weighted by Crippen LogP contribution is 2.32. The molecule has 0 unspecified atom stereocenters. The maximum absolute atomic E-state index is 12.8. The number of hydrogen-bond acceptors (Lipinski definition) is 4. The first-order chi connectivity index (χ1) is 9.49. The van der Waals surface area contributed by atoms with Crippen molar-refractivity contribution in [2.45, 2.75) is 46.0 Å². The molecule has 0 atom stereocenters. The van der Waals surface area contributed by atoms with Gasteiger partial charge in [0.2, 0.25) is 5.91 Å². The van der Waals surface area contributed by atoms with Gasteiger partial charge in [-0.15, -0.1) is 0 Å². The number of hydrogen-bond donors (Lipinski definition) is 2. The van der Waals surface area contributed by atoms with Crippen LogP contribution in [-0.4, -0.2) is 49.2 Å². The topological polar surface area (TPSA) is 88.2 Å². The Labute approximate surface area is 122 Å². The molecule has 6 heteroatoms. The van der Waals surface area contributed by atoms with Gasteiger partial charge in [0, 0.05) is 27.3 Å². The third-order valence-electron chi connectivity index (χ3n) is 3.55. The van der Waals surface area contributed by atoms with E-state index in [9.17, 15) is 4.79 Å². The average molecular weight is 287 g/mol. The van der Waals surface area contributed by atoms with Crippen LogP contribution in [0, 0.1) is 5.41 Å². The zero-order chi connectivity index (χ0) is 15.6. The van der Waals surface area contributed by atoms with Gasteiger partial charge in [-0.2, -0.15) is 0 Å². The minimum atomic E-state index is -0.889. The zero-order valence-electron chi connectivity index (χ0n) is 13.2. The molecule has 0 aromatic rings. The van der Waals surface area contributed by atoms with E-state index in [1.165, 1.54) is 0 Å². The molecule has 0 saturated heterocycles. The molecule has 0 rings (SSSR count). The number of amidine groups is 1. The van der Waals surface area contributed by atoms with Gasteiger partial charge in [-0.05, 0) is 19.3 Å². The maximum Gasteiger partial charge on any atom is 0.236 e. The summed E-state index contributed by atoms with van der Waals surface area (Å²) in [6.07, 6.45) is 3.54. The van der Waals surface area contributed by atoms with Crippen LogP contribution in [0.15, 0.2) is 5.16 Å². The lowest BCUT2D eigenvalue weighted by Crippen LogP contribution is -2.50. The van der Waals surface area contributed by atoms with E-state index in [1.54, 1.807) is 19.1 Å². The molecule has 0 radical (unpaired) electrons. The van der Waals surface area contributed by atoms with Gasteiger partial charge in [0.1, 0.15) is 5.41 Å². The molecule has 3 N–H and O–H groups in total. The van der Waals surface area contributed by atoms with Gasteiger partial charge in [0.05, 0.1) is 0 Å². The van der Waals surface area contributed by atoms with E-state index in [4.69, 9.17) is 15.7 Å². The molecule has 0 heterocycles. The zero-order valence-corrected chi connectivity index (χ0v) is 13.2. The van der Waals surface area contributed by atoms with Crippen molar-refractivity contribution in [2.24, 2.45) is 16.3 Å². The summed E-state index contributed by atoms with van der Waals surface area (Å²) in [7, 11) is 3.39. The predicted molar refractivity (Wildman–Crippen MR) is 79.8 cm³/mol. The van der Waals surface area contributed by atoms with Crippen LogP contribution in [-0.2, 0) is 9.53 Å². The van der Waals surface area contributed by atoms with Crippen LogP contribution in [0.4, 0.5) is 0 Å². The molecule has 0 saturated carbocycles. The molecule has 20 heavy (non-hydrogen) atoms. The summed E-state index contributed by atoms with van der Waals surface area (Å²) in [6, 6.07) is 0. The molecule has 0 fully saturated rings. The van der Waals surface area contributed by atoms with E-state index in [-0.39, 0.29) is 11.7 Å². The van der Waals surface area contributed by atoms with Crippen LogP contribution in [0.25, 0.3) is 0 Å². The highest BCUT2D eigenvalue weighted by Gasteiger charge is 2.43. The van der Waals surface area contributed by atoms with Crippen molar-refractivity contribution < 1.29 is 14.7 Å². The minimum Gasteiger partial charge on any atom is -0.409 e. The van der Waals surface area contributed by atoms with Crippen LogP contribution in [0.2, 0.25) is 0 Å². The molecule has 0 aliphatic rings. The fraction of sp³-hybridized carbons (Fsp3) is 0.857. The summed E-state index contributed by atoms with van der Waals surface area (Å²) in [5, 5.41) is 12.2. The Bertz CT molecular complexity index is 313. The molecule has 0 bridgehead atoms. The summed E-state index contributed by atoms with van der Waals surface area (Å²) in [4.78, 5) is 14.4. The summed E-state index contributed by atoms with van der Waals surface area (Å²) >= 11 is 0. The molecule has 0 aliphatic heterocycles. The predicted octanol–water partition coefficient (Wildman–Crippen LogP) is 1.81. The first-order valence-corrected chi connectivity index (χ1v) is 7.22. The highest BCUT2D eigenvalue weighted by atomic mass is 16.5. The smallest absolute Gasteiger partial charge is 0.236 e. The lowest BCUT2D eigenvalue weighted by atomic mass is 9.76.